The van der Waals surface area contributed by atoms with E-state index in [-0.39, 0.29) is 18.6 Å². The second-order valence-corrected chi connectivity index (χ2v) is 12.1. The SMILES string of the molecule is COC(=O)c1ccc([C@@H]2CN(CC(F)F)CC[C@H]2Oc2c(C3CC3)cc(C)c3c2ccn3C(=O)OC(C)(C)C)cc1. The lowest BCUT2D eigenvalue weighted by molar-refractivity contribution is 0.0353. The molecule has 5 rings (SSSR count). The summed E-state index contributed by atoms with van der Waals surface area (Å²) in [6.45, 7) is 8.08. The first-order valence-electron chi connectivity index (χ1n) is 14.2. The molecule has 1 aliphatic carbocycles. The van der Waals surface area contributed by atoms with Crippen LogP contribution in [0.25, 0.3) is 10.9 Å². The van der Waals surface area contributed by atoms with Gasteiger partial charge in [-0.25, -0.2) is 18.4 Å². The predicted octanol–water partition coefficient (Wildman–Crippen LogP) is 6.90. The standard InChI is InChI=1S/C32H38F2N2O5/c1-19-16-24(20-6-7-20)29(23-12-15-36(28(19)23)31(38)41-32(2,3)4)40-26-13-14-35(18-27(33)34)17-25(26)21-8-10-22(11-9-21)30(37)39-5/h8-12,15-16,20,25-27H,6-7,13-14,17-18H2,1-5H3/t25-,26+/m0/s1. The van der Waals surface area contributed by atoms with Gasteiger partial charge in [0, 0.05) is 30.6 Å². The van der Waals surface area contributed by atoms with E-state index in [0.717, 1.165) is 46.2 Å². The monoisotopic (exact) mass is 568 g/mol. The van der Waals surface area contributed by atoms with Crippen molar-refractivity contribution in [3.05, 3.63) is 64.8 Å². The number of ether oxygens (including phenoxy) is 3. The molecule has 2 aliphatic rings. The summed E-state index contributed by atoms with van der Waals surface area (Å²) in [5.41, 5.74) is 3.52. The Balaban J connectivity index is 1.53. The zero-order valence-corrected chi connectivity index (χ0v) is 24.3. The third-order valence-electron chi connectivity index (χ3n) is 7.80. The van der Waals surface area contributed by atoms with Gasteiger partial charge in [-0.1, -0.05) is 12.1 Å². The van der Waals surface area contributed by atoms with E-state index in [2.05, 4.69) is 6.07 Å². The highest BCUT2D eigenvalue weighted by Gasteiger charge is 2.36. The van der Waals surface area contributed by atoms with Crippen molar-refractivity contribution in [1.82, 2.24) is 9.47 Å². The van der Waals surface area contributed by atoms with Crippen LogP contribution in [0.2, 0.25) is 0 Å². The molecule has 2 aromatic carbocycles. The number of alkyl halides is 2. The van der Waals surface area contributed by atoms with Crippen molar-refractivity contribution < 1.29 is 32.6 Å². The highest BCUT2D eigenvalue weighted by molar-refractivity contribution is 5.96. The topological polar surface area (TPSA) is 70.0 Å². The first kappa shape index (κ1) is 29.0. The number of methoxy groups -OCH3 is 1. The molecule has 9 heteroatoms. The number of likely N-dealkylation sites (tertiary alicyclic amines) is 1. The van der Waals surface area contributed by atoms with Gasteiger partial charge >= 0.3 is 12.1 Å². The summed E-state index contributed by atoms with van der Waals surface area (Å²) in [6, 6.07) is 11.1. The quantitative estimate of drug-likeness (QED) is 0.289. The maximum Gasteiger partial charge on any atom is 0.419 e. The molecule has 41 heavy (non-hydrogen) atoms. The zero-order valence-electron chi connectivity index (χ0n) is 24.3. The molecular formula is C32H38F2N2O5. The number of benzene rings is 2. The normalized spacial score (nSPS) is 19.9. The number of esters is 1. The van der Waals surface area contributed by atoms with Crippen molar-refractivity contribution in [3.63, 3.8) is 0 Å². The summed E-state index contributed by atoms with van der Waals surface area (Å²) < 4.78 is 45.6. The molecule has 2 fully saturated rings. The van der Waals surface area contributed by atoms with Crippen LogP contribution in [0.5, 0.6) is 5.75 Å². The van der Waals surface area contributed by atoms with Gasteiger partial charge in [0.2, 0.25) is 0 Å². The molecule has 220 valence electrons. The molecule has 0 N–H and O–H groups in total. The van der Waals surface area contributed by atoms with E-state index in [4.69, 9.17) is 14.2 Å². The van der Waals surface area contributed by atoms with Gasteiger partial charge in [0.05, 0.1) is 24.7 Å². The number of piperidine rings is 1. The molecule has 0 amide bonds. The lowest BCUT2D eigenvalue weighted by Gasteiger charge is -2.39. The van der Waals surface area contributed by atoms with Gasteiger partial charge in [-0.2, -0.15) is 0 Å². The molecule has 3 aromatic rings. The second-order valence-electron chi connectivity index (χ2n) is 12.1. The van der Waals surface area contributed by atoms with Crippen LogP contribution in [0.1, 0.15) is 78.9 Å². The van der Waals surface area contributed by atoms with E-state index in [1.807, 2.05) is 45.9 Å². The maximum absolute atomic E-state index is 13.3. The number of carbonyl (C=O) groups is 2. The first-order valence-corrected chi connectivity index (χ1v) is 14.2. The van der Waals surface area contributed by atoms with Crippen molar-refractivity contribution in [1.29, 1.82) is 0 Å². The van der Waals surface area contributed by atoms with Gasteiger partial charge in [-0.3, -0.25) is 9.47 Å². The Morgan fingerprint density at radius 3 is 2.39 bits per heavy atom. The summed E-state index contributed by atoms with van der Waals surface area (Å²) >= 11 is 0. The average molecular weight is 569 g/mol. The Kier molecular flexibility index (Phi) is 8.10. The third-order valence-corrected chi connectivity index (χ3v) is 7.80. The fourth-order valence-corrected chi connectivity index (χ4v) is 5.79. The lowest BCUT2D eigenvalue weighted by Crippen LogP contribution is -2.45. The van der Waals surface area contributed by atoms with E-state index in [9.17, 15) is 18.4 Å². The Labute approximate surface area is 239 Å². The van der Waals surface area contributed by atoms with Gasteiger partial charge in [-0.15, -0.1) is 0 Å². The second kappa shape index (κ2) is 11.4. The van der Waals surface area contributed by atoms with Gasteiger partial charge < -0.3 is 14.2 Å². The number of hydrogen-bond donors (Lipinski definition) is 0. The number of aryl methyl sites for hydroxylation is 1. The first-order chi connectivity index (χ1) is 19.4. The van der Waals surface area contributed by atoms with Gasteiger partial charge in [0.1, 0.15) is 17.5 Å². The number of aromatic nitrogens is 1. The van der Waals surface area contributed by atoms with Crippen LogP contribution in [-0.2, 0) is 9.47 Å². The lowest BCUT2D eigenvalue weighted by atomic mass is 9.87. The van der Waals surface area contributed by atoms with Crippen LogP contribution < -0.4 is 4.74 Å². The van der Waals surface area contributed by atoms with Crippen LogP contribution >= 0.6 is 0 Å². The Morgan fingerprint density at radius 1 is 1.07 bits per heavy atom. The Hall–Kier alpha value is -3.46. The summed E-state index contributed by atoms with van der Waals surface area (Å²) in [4.78, 5) is 26.8. The smallest absolute Gasteiger partial charge is 0.419 e. The summed E-state index contributed by atoms with van der Waals surface area (Å²) in [5.74, 6) is 0.497. The fourth-order valence-electron chi connectivity index (χ4n) is 5.79. The van der Waals surface area contributed by atoms with E-state index in [0.29, 0.717) is 31.0 Å². The molecule has 0 bridgehead atoms. The molecule has 2 heterocycles. The van der Waals surface area contributed by atoms with Crippen molar-refractivity contribution in [3.8, 4) is 5.75 Å². The highest BCUT2D eigenvalue weighted by Crippen LogP contribution is 2.49. The Bertz CT molecular complexity index is 1420. The third kappa shape index (κ3) is 6.40. The van der Waals surface area contributed by atoms with Crippen molar-refractivity contribution >= 4 is 23.0 Å². The van der Waals surface area contributed by atoms with E-state index in [1.165, 1.54) is 11.7 Å². The molecule has 0 radical (unpaired) electrons. The molecule has 1 aliphatic heterocycles. The number of halogens is 2. The molecule has 1 saturated carbocycles. The number of rotatable bonds is 7. The van der Waals surface area contributed by atoms with Crippen LogP contribution in [-0.4, -0.2) is 66.4 Å². The van der Waals surface area contributed by atoms with Gasteiger partial charge in [0.25, 0.3) is 6.43 Å². The van der Waals surface area contributed by atoms with E-state index >= 15 is 0 Å². The van der Waals surface area contributed by atoms with Crippen LogP contribution in [0.15, 0.2) is 42.6 Å². The molecule has 1 aromatic heterocycles. The summed E-state index contributed by atoms with van der Waals surface area (Å²) in [5, 5.41) is 0.840. The minimum Gasteiger partial charge on any atom is -0.489 e. The van der Waals surface area contributed by atoms with E-state index < -0.39 is 24.1 Å². The maximum atomic E-state index is 13.3. The zero-order chi connectivity index (χ0) is 29.5. The predicted molar refractivity (Wildman–Crippen MR) is 152 cm³/mol. The van der Waals surface area contributed by atoms with Crippen LogP contribution in [0.3, 0.4) is 0 Å². The molecule has 1 saturated heterocycles. The molecule has 2 atom stereocenters. The largest absolute Gasteiger partial charge is 0.489 e. The van der Waals surface area contributed by atoms with Gasteiger partial charge in [0.15, 0.2) is 0 Å². The van der Waals surface area contributed by atoms with Crippen molar-refractivity contribution in [2.24, 2.45) is 0 Å². The van der Waals surface area contributed by atoms with Gasteiger partial charge in [-0.05, 0) is 93.8 Å². The molecule has 0 unspecified atom stereocenters. The van der Waals surface area contributed by atoms with Crippen LogP contribution in [0.4, 0.5) is 13.6 Å². The average Bonchev–Trinajstić information content (AvgIpc) is 3.66. The van der Waals surface area contributed by atoms with Crippen LogP contribution in [0, 0.1) is 6.92 Å². The van der Waals surface area contributed by atoms with Crippen molar-refractivity contribution in [2.45, 2.75) is 76.9 Å². The molecular weight excluding hydrogens is 530 g/mol. The minimum atomic E-state index is -2.43. The minimum absolute atomic E-state index is 0.203. The van der Waals surface area contributed by atoms with E-state index in [1.54, 1.807) is 23.2 Å². The summed E-state index contributed by atoms with van der Waals surface area (Å²) in [7, 11) is 1.33. The molecule has 7 nitrogen and oxygen atoms in total. The van der Waals surface area contributed by atoms with Crippen molar-refractivity contribution in [2.75, 3.05) is 26.7 Å². The highest BCUT2D eigenvalue weighted by atomic mass is 19.3. The molecule has 0 spiro atoms. The number of hydrogen-bond acceptors (Lipinski definition) is 6. The Morgan fingerprint density at radius 2 is 1.78 bits per heavy atom. The number of carbonyl (C=O) groups excluding carboxylic acids is 2. The number of fused-ring (bicyclic) bond motifs is 1. The summed E-state index contributed by atoms with van der Waals surface area (Å²) in [6.07, 6.45) is 1.25. The fraction of sp³-hybridized carbons (Fsp3) is 0.500. The number of nitrogens with zero attached hydrogens (tertiary/aromatic N) is 2.